The number of nitrogens with zero attached hydrogens (tertiary/aromatic N) is 1. The second-order valence-electron chi connectivity index (χ2n) is 10.3. The Hall–Kier alpha value is -1.71. The van der Waals surface area contributed by atoms with Gasteiger partial charge in [0.05, 0.1) is 12.4 Å². The third-order valence-corrected chi connectivity index (χ3v) is 11.8. The van der Waals surface area contributed by atoms with Gasteiger partial charge in [-0.1, -0.05) is 44.5 Å². The largest absolute Gasteiger partial charge is 0.436 e. The van der Waals surface area contributed by atoms with E-state index in [0.717, 1.165) is 22.9 Å². The number of rotatable bonds is 9. The average molecular weight is 524 g/mol. The van der Waals surface area contributed by atoms with Crippen molar-refractivity contribution in [2.24, 2.45) is 0 Å². The zero-order chi connectivity index (χ0) is 25.3. The van der Waals surface area contributed by atoms with Crippen molar-refractivity contribution in [2.45, 2.75) is 70.9 Å². The Labute approximate surface area is 208 Å². The molecule has 0 saturated heterocycles. The van der Waals surface area contributed by atoms with Gasteiger partial charge in [-0.2, -0.15) is 8.42 Å². The molecule has 0 radical (unpaired) electrons. The number of benzene rings is 2. The van der Waals surface area contributed by atoms with Crippen LogP contribution in [0.5, 0.6) is 0 Å². The van der Waals surface area contributed by atoms with E-state index in [4.69, 9.17) is 24.6 Å². The first-order chi connectivity index (χ1) is 15.7. The van der Waals surface area contributed by atoms with Crippen LogP contribution in [0.1, 0.15) is 39.7 Å². The molecule has 2 aromatic carbocycles. The van der Waals surface area contributed by atoms with Crippen molar-refractivity contribution >= 4 is 41.1 Å². The molecule has 0 saturated carbocycles. The quantitative estimate of drug-likeness (QED) is 0.226. The van der Waals surface area contributed by atoms with Gasteiger partial charge in [0.1, 0.15) is 11.6 Å². The number of para-hydroxylation sites is 1. The maximum atomic E-state index is 12.0. The second kappa shape index (κ2) is 10.1. The molecule has 0 unspecified atom stereocenters. The van der Waals surface area contributed by atoms with Crippen LogP contribution in [0.25, 0.3) is 22.6 Å². The van der Waals surface area contributed by atoms with Crippen molar-refractivity contribution in [1.29, 1.82) is 0 Å². The first-order valence-corrected chi connectivity index (χ1v) is 16.5. The summed E-state index contributed by atoms with van der Waals surface area (Å²) >= 11 is 6.00. The smallest absolute Gasteiger partial charge is 0.264 e. The average Bonchev–Trinajstić information content (AvgIpc) is 3.14. The van der Waals surface area contributed by atoms with Gasteiger partial charge in [0.25, 0.3) is 10.1 Å². The summed E-state index contributed by atoms with van der Waals surface area (Å²) in [5.74, 6) is 0.512. The molecular weight excluding hydrogens is 490 g/mol. The molecule has 1 aromatic heterocycles. The van der Waals surface area contributed by atoms with Crippen LogP contribution in [0.15, 0.2) is 46.9 Å². The highest BCUT2D eigenvalue weighted by Crippen LogP contribution is 2.38. The summed E-state index contributed by atoms with van der Waals surface area (Å²) in [5, 5.41) is 0.645. The molecule has 186 valence electrons. The molecule has 3 aromatic rings. The van der Waals surface area contributed by atoms with Crippen LogP contribution >= 0.6 is 11.6 Å². The maximum Gasteiger partial charge on any atom is 0.264 e. The molecule has 2 atom stereocenters. The summed E-state index contributed by atoms with van der Waals surface area (Å²) < 4.78 is 42.1. The third-order valence-electron chi connectivity index (χ3n) is 6.39. The third kappa shape index (κ3) is 6.70. The van der Waals surface area contributed by atoms with Gasteiger partial charge in [-0.15, -0.1) is 0 Å². The van der Waals surface area contributed by atoms with Crippen molar-refractivity contribution in [2.75, 3.05) is 6.26 Å². The van der Waals surface area contributed by atoms with Crippen LogP contribution < -0.4 is 0 Å². The fourth-order valence-corrected chi connectivity index (χ4v) is 5.78. The SMILES string of the molecule is C[C@H](O[Si](C)(C)C(C)(C)C)[C@H](CCc1cccc2nc(-c3ccc(Cl)cc3)oc12)OS(C)(=O)=O. The summed E-state index contributed by atoms with van der Waals surface area (Å²) in [6.45, 7) is 12.6. The molecule has 0 bridgehead atoms. The van der Waals surface area contributed by atoms with Crippen molar-refractivity contribution < 1.29 is 21.4 Å². The molecule has 9 heteroatoms. The number of aromatic nitrogens is 1. The lowest BCUT2D eigenvalue weighted by atomic mass is 10.0. The van der Waals surface area contributed by atoms with Crippen molar-refractivity contribution in [3.05, 3.63) is 53.1 Å². The first kappa shape index (κ1) is 26.9. The standard InChI is InChI=1S/C25H34ClNO5SSi/c1-17(32-34(6,7)25(2,3)4)22(31-33(5,28)29)16-13-18-9-8-10-21-23(18)30-24(27-21)19-11-14-20(26)15-12-19/h8-12,14-15,17,22H,13,16H2,1-7H3/t17-,22-/m0/s1. The predicted molar refractivity (Wildman–Crippen MR) is 140 cm³/mol. The zero-order valence-electron chi connectivity index (χ0n) is 20.9. The highest BCUT2D eigenvalue weighted by atomic mass is 35.5. The molecule has 0 aliphatic carbocycles. The van der Waals surface area contributed by atoms with Gasteiger partial charge in [0, 0.05) is 10.6 Å². The number of oxazole rings is 1. The fourth-order valence-electron chi connectivity index (χ4n) is 3.52. The van der Waals surface area contributed by atoms with Crippen LogP contribution in [0, 0.1) is 0 Å². The van der Waals surface area contributed by atoms with Gasteiger partial charge in [-0.3, -0.25) is 4.18 Å². The highest BCUT2D eigenvalue weighted by Gasteiger charge is 2.40. The molecule has 0 fully saturated rings. The Kier molecular flexibility index (Phi) is 7.99. The maximum absolute atomic E-state index is 12.0. The monoisotopic (exact) mass is 523 g/mol. The molecule has 0 aliphatic heterocycles. The number of hydrogen-bond acceptors (Lipinski definition) is 6. The van der Waals surface area contributed by atoms with Crippen molar-refractivity contribution in [3.8, 4) is 11.5 Å². The van der Waals surface area contributed by atoms with E-state index in [-0.39, 0.29) is 11.1 Å². The molecule has 6 nitrogen and oxygen atoms in total. The number of halogens is 1. The van der Waals surface area contributed by atoms with Crippen LogP contribution in [-0.2, 0) is 25.1 Å². The minimum atomic E-state index is -3.65. The highest BCUT2D eigenvalue weighted by molar-refractivity contribution is 7.86. The topological polar surface area (TPSA) is 78.6 Å². The van der Waals surface area contributed by atoms with E-state index in [1.54, 1.807) is 12.1 Å². The number of hydrogen-bond donors (Lipinski definition) is 0. The van der Waals surface area contributed by atoms with E-state index in [1.807, 2.05) is 37.3 Å². The fraction of sp³-hybridized carbons (Fsp3) is 0.480. The van der Waals surface area contributed by atoms with Crippen molar-refractivity contribution in [1.82, 2.24) is 4.98 Å². The molecule has 0 aliphatic rings. The van der Waals surface area contributed by atoms with E-state index in [1.165, 1.54) is 0 Å². The second-order valence-corrected chi connectivity index (χ2v) is 17.0. The van der Waals surface area contributed by atoms with E-state index < -0.39 is 24.5 Å². The lowest BCUT2D eigenvalue weighted by Crippen LogP contribution is -2.47. The van der Waals surface area contributed by atoms with Gasteiger partial charge >= 0.3 is 0 Å². The molecular formula is C25H34ClNO5SSi. The van der Waals surface area contributed by atoms with Gasteiger partial charge in [-0.25, -0.2) is 4.98 Å². The van der Waals surface area contributed by atoms with Gasteiger partial charge < -0.3 is 8.84 Å². The Morgan fingerprint density at radius 2 is 1.76 bits per heavy atom. The molecule has 0 spiro atoms. The lowest BCUT2D eigenvalue weighted by Gasteiger charge is -2.40. The summed E-state index contributed by atoms with van der Waals surface area (Å²) in [7, 11) is -5.76. The lowest BCUT2D eigenvalue weighted by molar-refractivity contribution is 0.0559. The summed E-state index contributed by atoms with van der Waals surface area (Å²) in [5.41, 5.74) is 3.20. The van der Waals surface area contributed by atoms with Gasteiger partial charge in [-0.05, 0) is 73.8 Å². The minimum Gasteiger partial charge on any atom is -0.436 e. The number of fused-ring (bicyclic) bond motifs is 1. The predicted octanol–water partition coefficient (Wildman–Crippen LogP) is 6.84. The van der Waals surface area contributed by atoms with E-state index in [0.29, 0.717) is 29.3 Å². The van der Waals surface area contributed by atoms with Crippen LogP contribution in [0.3, 0.4) is 0 Å². The summed E-state index contributed by atoms with van der Waals surface area (Å²) in [6.07, 6.45) is 1.10. The first-order valence-electron chi connectivity index (χ1n) is 11.4. The van der Waals surface area contributed by atoms with Gasteiger partial charge in [0.15, 0.2) is 13.9 Å². The minimum absolute atomic E-state index is 0.000395. The summed E-state index contributed by atoms with van der Waals surface area (Å²) in [4.78, 5) is 4.61. The molecule has 1 heterocycles. The van der Waals surface area contributed by atoms with Crippen LogP contribution in [0.2, 0.25) is 23.2 Å². The molecule has 0 amide bonds. The Bertz CT molecular complexity index is 1230. The normalized spacial score (nSPS) is 14.9. The van der Waals surface area contributed by atoms with E-state index >= 15 is 0 Å². The van der Waals surface area contributed by atoms with Crippen LogP contribution in [-0.4, -0.2) is 40.2 Å². The van der Waals surface area contributed by atoms with Crippen molar-refractivity contribution in [3.63, 3.8) is 0 Å². The van der Waals surface area contributed by atoms with Gasteiger partial charge in [0.2, 0.25) is 5.89 Å². The zero-order valence-corrected chi connectivity index (χ0v) is 23.5. The summed E-state index contributed by atoms with van der Waals surface area (Å²) in [6, 6.07) is 13.1. The molecule has 34 heavy (non-hydrogen) atoms. The Morgan fingerprint density at radius 3 is 2.35 bits per heavy atom. The van der Waals surface area contributed by atoms with Crippen LogP contribution in [0.4, 0.5) is 0 Å². The molecule has 3 rings (SSSR count). The number of aryl methyl sites for hydroxylation is 1. The molecule has 0 N–H and O–H groups in total. The Morgan fingerprint density at radius 1 is 1.12 bits per heavy atom. The van der Waals surface area contributed by atoms with E-state index in [2.05, 4.69) is 38.8 Å². The van der Waals surface area contributed by atoms with E-state index in [9.17, 15) is 8.42 Å². The Balaban J connectivity index is 1.84.